The van der Waals surface area contributed by atoms with Gasteiger partial charge in [0.25, 0.3) is 0 Å². The Morgan fingerprint density at radius 3 is 1.05 bits per heavy atom. The van der Waals surface area contributed by atoms with Crippen LogP contribution in [0.1, 0.15) is 227 Å². The summed E-state index contributed by atoms with van der Waals surface area (Å²) in [4.78, 5) is 56.8. The fraction of sp³-hybridized carbons (Fsp3) is 0.879. The first-order valence-electron chi connectivity index (χ1n) is 30.4. The summed E-state index contributed by atoms with van der Waals surface area (Å²) in [5.41, 5.74) is 0. The molecule has 0 aromatic rings. The Bertz CT molecular complexity index is 1510. The van der Waals surface area contributed by atoms with Crippen molar-refractivity contribution in [1.29, 1.82) is 0 Å². The molecule has 0 aromatic carbocycles. The van der Waals surface area contributed by atoms with Crippen LogP contribution in [0.3, 0.4) is 0 Å². The molecule has 0 aromatic heterocycles. The van der Waals surface area contributed by atoms with E-state index in [1.807, 2.05) is 128 Å². The number of nitrogens with one attached hydrogen (secondary N) is 5. The first kappa shape index (κ1) is 74.7. The highest BCUT2D eigenvalue weighted by molar-refractivity contribution is 8.78. The Labute approximate surface area is 516 Å². The average Bonchev–Trinajstić information content (AvgIpc) is 4.18. The van der Waals surface area contributed by atoms with E-state index in [-0.39, 0.29) is 35.6 Å². The van der Waals surface area contributed by atoms with E-state index in [9.17, 15) is 24.0 Å². The lowest BCUT2D eigenvalue weighted by atomic mass is 10.1. The molecule has 10 nitrogen and oxygen atoms in total. The summed E-state index contributed by atoms with van der Waals surface area (Å²) in [6.07, 6.45) is 36.6. The highest BCUT2D eigenvalue weighted by Crippen LogP contribution is 2.43. The van der Waals surface area contributed by atoms with Gasteiger partial charge in [-0.05, 0) is 148 Å². The van der Waals surface area contributed by atoms with Crippen LogP contribution in [-0.4, -0.2) is 117 Å². The SMILES string of the molecule is C=CCCNC(=O)CCCC[C@@H]1CCSS1.CC(C)NC(=O)CCCC[C@@H]1CCSS1.CCCCNC(=O)CCCC[C@@H]1CCSS1.CCCNC(=O)CCCC[C@@H]1CCSS1.O=C(CCCC[C@@H]1CCSS1)NCC1CC1. The second-order valence-electron chi connectivity index (χ2n) is 21.3. The van der Waals surface area contributed by atoms with E-state index in [1.165, 1.54) is 138 Å². The first-order chi connectivity index (χ1) is 38.0. The van der Waals surface area contributed by atoms with Crippen molar-refractivity contribution in [3.8, 4) is 0 Å². The Kier molecular flexibility index (Phi) is 50.8. The van der Waals surface area contributed by atoms with E-state index >= 15 is 0 Å². The molecular weight excluding hydrogens is 1170 g/mol. The third kappa shape index (κ3) is 46.9. The van der Waals surface area contributed by atoms with Crippen molar-refractivity contribution in [2.75, 3.05) is 54.9 Å². The third-order valence-electron chi connectivity index (χ3n) is 13.4. The number of hydrogen-bond acceptors (Lipinski definition) is 15. The Morgan fingerprint density at radius 2 is 0.756 bits per heavy atom. The standard InChI is InChI=1S/C12H21NOS2.C12H23NOS2.C12H21NOS2.2C11H21NOS2/c14-12(13-9-10-5-6-10)4-2-1-3-11-7-8-15-16-11;2*1-2-3-9-13-12(14)7-5-4-6-11-8-10-15-16-11;1-9(2)12-11(13)6-4-3-5-10-7-8-14-15-10;1-2-8-12-11(13)6-4-3-5-10-7-9-14-15-10/h10-11H,1-9H2,(H,13,14);11H,2-10H2,1H3,(H,13,14);2,11H,1,3-10H2,(H,13,14);9-10H,3-8H2,1-2H3,(H,12,13);10H,2-9H2,1H3,(H,12,13)/t3*11-;2*10-/m11111/s1. The van der Waals surface area contributed by atoms with Crippen molar-refractivity contribution in [3.05, 3.63) is 12.7 Å². The lowest BCUT2D eigenvalue weighted by Gasteiger charge is -2.09. The summed E-state index contributed by atoms with van der Waals surface area (Å²) in [7, 11) is 20.1. The molecule has 5 atom stereocenters. The predicted octanol–water partition coefficient (Wildman–Crippen LogP) is 16.7. The molecule has 5 N–H and O–H groups in total. The van der Waals surface area contributed by atoms with Crippen molar-refractivity contribution in [2.45, 2.75) is 259 Å². The van der Waals surface area contributed by atoms with Crippen molar-refractivity contribution in [3.63, 3.8) is 0 Å². The summed E-state index contributed by atoms with van der Waals surface area (Å²) < 4.78 is 0. The molecular formula is C58H107N5O5S10. The zero-order valence-electron chi connectivity index (χ0n) is 48.7. The molecule has 454 valence electrons. The van der Waals surface area contributed by atoms with E-state index in [2.05, 4.69) is 47.0 Å². The topological polar surface area (TPSA) is 146 Å². The van der Waals surface area contributed by atoms with Crippen molar-refractivity contribution in [2.24, 2.45) is 5.92 Å². The number of carbonyl (C=O) groups excluding carboxylic acids is 5. The smallest absolute Gasteiger partial charge is 0.220 e. The van der Waals surface area contributed by atoms with Crippen LogP contribution in [0.4, 0.5) is 0 Å². The maximum atomic E-state index is 11.5. The number of unbranched alkanes of at least 4 members (excludes halogenated alkanes) is 6. The molecule has 5 aliphatic heterocycles. The maximum Gasteiger partial charge on any atom is 0.220 e. The van der Waals surface area contributed by atoms with Gasteiger partial charge in [0, 0.05) is 119 Å². The summed E-state index contributed by atoms with van der Waals surface area (Å²) in [5.74, 6) is 8.48. The van der Waals surface area contributed by atoms with Gasteiger partial charge in [-0.1, -0.05) is 166 Å². The van der Waals surface area contributed by atoms with Crippen LogP contribution in [0.25, 0.3) is 0 Å². The van der Waals surface area contributed by atoms with Gasteiger partial charge in [-0.25, -0.2) is 0 Å². The van der Waals surface area contributed by atoms with Crippen molar-refractivity contribution >= 4 is 137 Å². The lowest BCUT2D eigenvalue weighted by molar-refractivity contribution is -0.122. The van der Waals surface area contributed by atoms with Crippen LogP contribution < -0.4 is 26.6 Å². The van der Waals surface area contributed by atoms with Crippen LogP contribution in [0.15, 0.2) is 12.7 Å². The van der Waals surface area contributed by atoms with Crippen molar-refractivity contribution < 1.29 is 24.0 Å². The van der Waals surface area contributed by atoms with Gasteiger partial charge in [-0.3, -0.25) is 24.0 Å². The Morgan fingerprint density at radius 1 is 0.423 bits per heavy atom. The second kappa shape index (κ2) is 53.1. The number of hydrogen-bond donors (Lipinski definition) is 5. The van der Waals surface area contributed by atoms with Crippen molar-refractivity contribution in [1.82, 2.24) is 26.6 Å². The van der Waals surface area contributed by atoms with Gasteiger partial charge >= 0.3 is 0 Å². The first-order valence-corrected chi connectivity index (χ1v) is 42.3. The Balaban J connectivity index is 0.000000334. The molecule has 5 amide bonds. The zero-order valence-corrected chi connectivity index (χ0v) is 56.9. The van der Waals surface area contributed by atoms with E-state index < -0.39 is 0 Å². The van der Waals surface area contributed by atoms with E-state index in [1.54, 1.807) is 0 Å². The van der Waals surface area contributed by atoms with Gasteiger partial charge in [0.05, 0.1) is 0 Å². The van der Waals surface area contributed by atoms with Crippen LogP contribution in [0.5, 0.6) is 0 Å². The van der Waals surface area contributed by atoms with Crippen LogP contribution in [0.2, 0.25) is 0 Å². The monoisotopic (exact) mass is 1270 g/mol. The number of amides is 5. The summed E-state index contributed by atoms with van der Waals surface area (Å²) >= 11 is 0. The van der Waals surface area contributed by atoms with E-state index in [0.29, 0.717) is 25.7 Å². The predicted molar refractivity (Wildman–Crippen MR) is 363 cm³/mol. The molecule has 1 saturated carbocycles. The molecule has 0 bridgehead atoms. The summed E-state index contributed by atoms with van der Waals surface area (Å²) in [6, 6.07) is 0.277. The largest absolute Gasteiger partial charge is 0.356 e. The van der Waals surface area contributed by atoms with Gasteiger partial charge in [0.2, 0.25) is 29.5 Å². The minimum atomic E-state index is 0.190. The maximum absolute atomic E-state index is 11.5. The molecule has 0 spiro atoms. The van der Waals surface area contributed by atoms with Gasteiger partial charge < -0.3 is 26.6 Å². The molecule has 0 radical (unpaired) electrons. The normalized spacial score (nSPS) is 21.1. The quantitative estimate of drug-likeness (QED) is 0.0230. The minimum Gasteiger partial charge on any atom is -0.356 e. The van der Waals surface area contributed by atoms with Crippen LogP contribution >= 0.6 is 108 Å². The van der Waals surface area contributed by atoms with E-state index in [4.69, 9.17) is 0 Å². The number of carbonyl (C=O) groups is 5. The molecule has 1 aliphatic carbocycles. The van der Waals surface area contributed by atoms with Gasteiger partial charge in [0.15, 0.2) is 0 Å². The number of rotatable bonds is 36. The third-order valence-corrected chi connectivity index (χ3v) is 28.4. The second-order valence-corrected chi connectivity index (χ2v) is 35.3. The molecule has 20 heteroatoms. The molecule has 5 heterocycles. The molecule has 6 fully saturated rings. The highest BCUT2D eigenvalue weighted by atomic mass is 33.1. The van der Waals surface area contributed by atoms with Gasteiger partial charge in [-0.2, -0.15) is 0 Å². The van der Waals surface area contributed by atoms with Crippen LogP contribution in [-0.2, 0) is 24.0 Å². The fourth-order valence-electron chi connectivity index (χ4n) is 8.42. The highest BCUT2D eigenvalue weighted by Gasteiger charge is 2.22. The molecule has 6 rings (SSSR count). The molecule has 5 saturated heterocycles. The van der Waals surface area contributed by atoms with Crippen LogP contribution in [0, 0.1) is 5.92 Å². The molecule has 78 heavy (non-hydrogen) atoms. The van der Waals surface area contributed by atoms with Gasteiger partial charge in [-0.15, -0.1) is 6.58 Å². The summed E-state index contributed by atoms with van der Waals surface area (Å²) in [5, 5.41) is 19.0. The Hall–Kier alpha value is 0.590. The zero-order chi connectivity index (χ0) is 56.5. The lowest BCUT2D eigenvalue weighted by Crippen LogP contribution is -2.29. The van der Waals surface area contributed by atoms with E-state index in [0.717, 1.165) is 123 Å². The van der Waals surface area contributed by atoms with Gasteiger partial charge in [0.1, 0.15) is 0 Å². The summed E-state index contributed by atoms with van der Waals surface area (Å²) in [6.45, 7) is 15.2. The fourth-order valence-corrected chi connectivity index (χ4v) is 23.6. The molecule has 6 aliphatic rings. The minimum absolute atomic E-state index is 0.190. The average molecular weight is 1280 g/mol. The molecule has 0 unspecified atom stereocenters.